The van der Waals surface area contributed by atoms with Gasteiger partial charge in [0.05, 0.1) is 11.4 Å². The fourth-order valence-electron chi connectivity index (χ4n) is 3.15. The molecule has 1 aliphatic carbocycles. The van der Waals surface area contributed by atoms with Gasteiger partial charge in [-0.25, -0.2) is 9.07 Å². The molecule has 0 N–H and O–H groups in total. The van der Waals surface area contributed by atoms with Crippen LogP contribution in [0.3, 0.4) is 0 Å². The van der Waals surface area contributed by atoms with Gasteiger partial charge < -0.3 is 4.74 Å². The second-order valence-electron chi connectivity index (χ2n) is 6.24. The van der Waals surface area contributed by atoms with E-state index in [0.29, 0.717) is 15.7 Å². The Labute approximate surface area is 160 Å². The molecule has 6 heteroatoms. The molecule has 0 bridgehead atoms. The molecular formula is C20H15Cl2FN2O. The summed E-state index contributed by atoms with van der Waals surface area (Å²) in [6.07, 6.45) is 3.26. The molecule has 3 aromatic rings. The molecular weight excluding hydrogens is 374 g/mol. The Morgan fingerprint density at radius 2 is 1.92 bits per heavy atom. The van der Waals surface area contributed by atoms with Crippen LogP contribution < -0.4 is 4.74 Å². The van der Waals surface area contributed by atoms with Crippen LogP contribution in [0.15, 0.2) is 42.5 Å². The van der Waals surface area contributed by atoms with Gasteiger partial charge in [0.1, 0.15) is 6.10 Å². The van der Waals surface area contributed by atoms with Crippen LogP contribution in [0.4, 0.5) is 4.39 Å². The second kappa shape index (κ2) is 6.45. The lowest BCUT2D eigenvalue weighted by molar-refractivity contribution is 0.246. The van der Waals surface area contributed by atoms with E-state index in [4.69, 9.17) is 27.9 Å². The summed E-state index contributed by atoms with van der Waals surface area (Å²) >= 11 is 12.3. The Balaban J connectivity index is 1.63. The summed E-state index contributed by atoms with van der Waals surface area (Å²) in [5.41, 5.74) is 4.14. The van der Waals surface area contributed by atoms with E-state index in [1.165, 1.54) is 6.07 Å². The van der Waals surface area contributed by atoms with E-state index in [2.05, 4.69) is 5.10 Å². The number of aryl methyl sites for hydroxylation is 2. The summed E-state index contributed by atoms with van der Waals surface area (Å²) in [7, 11) is 0. The number of hydrogen-bond acceptors (Lipinski definition) is 2. The highest BCUT2D eigenvalue weighted by Gasteiger charge is 2.23. The van der Waals surface area contributed by atoms with Gasteiger partial charge in [0.25, 0.3) is 0 Å². The van der Waals surface area contributed by atoms with Crippen LogP contribution in [0, 0.1) is 19.7 Å². The molecule has 1 atom stereocenters. The van der Waals surface area contributed by atoms with Gasteiger partial charge in [0.2, 0.25) is 0 Å². The second-order valence-corrected chi connectivity index (χ2v) is 7.09. The SMILES string of the molecule is Cc1cc(C)n(-c2ccc(OC3C=Cc4c(Cl)cc(Cl)cc43)c(F)c2)n1. The van der Waals surface area contributed by atoms with Gasteiger partial charge in [-0.1, -0.05) is 29.3 Å². The fourth-order valence-corrected chi connectivity index (χ4v) is 3.72. The molecule has 1 heterocycles. The van der Waals surface area contributed by atoms with Crippen molar-refractivity contribution in [3.05, 3.63) is 80.9 Å². The van der Waals surface area contributed by atoms with Crippen molar-refractivity contribution in [1.82, 2.24) is 9.78 Å². The van der Waals surface area contributed by atoms with Gasteiger partial charge in [0.15, 0.2) is 11.6 Å². The van der Waals surface area contributed by atoms with Gasteiger partial charge >= 0.3 is 0 Å². The third-order valence-corrected chi connectivity index (χ3v) is 4.83. The Morgan fingerprint density at radius 1 is 1.12 bits per heavy atom. The van der Waals surface area contributed by atoms with Crippen molar-refractivity contribution in [3.63, 3.8) is 0 Å². The van der Waals surface area contributed by atoms with Crippen LogP contribution in [0.2, 0.25) is 10.0 Å². The summed E-state index contributed by atoms with van der Waals surface area (Å²) in [5.74, 6) is -0.293. The van der Waals surface area contributed by atoms with Crippen LogP contribution in [-0.2, 0) is 0 Å². The van der Waals surface area contributed by atoms with Crippen molar-refractivity contribution >= 4 is 29.3 Å². The Bertz CT molecular complexity index is 1040. The summed E-state index contributed by atoms with van der Waals surface area (Å²) in [5, 5.41) is 5.44. The predicted octanol–water partition coefficient (Wildman–Crippen LogP) is 6.08. The van der Waals surface area contributed by atoms with Crippen molar-refractivity contribution in [3.8, 4) is 11.4 Å². The minimum absolute atomic E-state index is 0.161. The number of benzene rings is 2. The van der Waals surface area contributed by atoms with E-state index in [9.17, 15) is 4.39 Å². The molecule has 0 amide bonds. The largest absolute Gasteiger partial charge is 0.479 e. The van der Waals surface area contributed by atoms with Gasteiger partial charge in [-0.05, 0) is 50.3 Å². The monoisotopic (exact) mass is 388 g/mol. The molecule has 26 heavy (non-hydrogen) atoms. The molecule has 0 saturated carbocycles. The van der Waals surface area contributed by atoms with Gasteiger partial charge in [0, 0.05) is 32.9 Å². The molecule has 2 aromatic carbocycles. The van der Waals surface area contributed by atoms with Gasteiger partial charge in [-0.15, -0.1) is 0 Å². The summed E-state index contributed by atoms with van der Waals surface area (Å²) in [6.45, 7) is 3.83. The summed E-state index contributed by atoms with van der Waals surface area (Å²) in [4.78, 5) is 0. The first-order chi connectivity index (χ1) is 12.4. The average Bonchev–Trinajstić information content (AvgIpc) is 3.12. The average molecular weight is 389 g/mol. The lowest BCUT2D eigenvalue weighted by Crippen LogP contribution is -2.06. The zero-order valence-corrected chi connectivity index (χ0v) is 15.6. The lowest BCUT2D eigenvalue weighted by Gasteiger charge is -2.16. The topological polar surface area (TPSA) is 27.1 Å². The zero-order chi connectivity index (χ0) is 18.4. The van der Waals surface area contributed by atoms with Crippen molar-refractivity contribution in [2.45, 2.75) is 20.0 Å². The molecule has 1 aliphatic rings. The fraction of sp³-hybridized carbons (Fsp3) is 0.150. The number of halogens is 3. The van der Waals surface area contributed by atoms with Crippen LogP contribution in [-0.4, -0.2) is 9.78 Å². The smallest absolute Gasteiger partial charge is 0.167 e. The van der Waals surface area contributed by atoms with Crippen LogP contribution in [0.5, 0.6) is 5.75 Å². The standard InChI is InChI=1S/C20H15Cl2FN2O/c1-11-7-12(2)25(24-11)14-3-5-20(18(23)10-14)26-19-6-4-15-16(19)8-13(21)9-17(15)22/h3-10,19H,1-2H3. The van der Waals surface area contributed by atoms with E-state index < -0.39 is 11.9 Å². The molecule has 0 radical (unpaired) electrons. The molecule has 4 rings (SSSR count). The highest BCUT2D eigenvalue weighted by molar-refractivity contribution is 6.35. The molecule has 3 nitrogen and oxygen atoms in total. The number of fused-ring (bicyclic) bond motifs is 1. The molecule has 0 aliphatic heterocycles. The highest BCUT2D eigenvalue weighted by Crippen LogP contribution is 2.38. The molecule has 0 saturated heterocycles. The first kappa shape index (κ1) is 17.1. The number of hydrogen-bond donors (Lipinski definition) is 0. The number of ether oxygens (including phenoxy) is 1. The minimum Gasteiger partial charge on any atom is -0.479 e. The molecule has 1 unspecified atom stereocenters. The number of nitrogens with zero attached hydrogens (tertiary/aromatic N) is 2. The first-order valence-corrected chi connectivity index (χ1v) is 8.85. The molecule has 1 aromatic heterocycles. The van der Waals surface area contributed by atoms with Crippen molar-refractivity contribution < 1.29 is 9.13 Å². The predicted molar refractivity (Wildman–Crippen MR) is 102 cm³/mol. The van der Waals surface area contributed by atoms with Crippen LogP contribution in [0.25, 0.3) is 11.8 Å². The quantitative estimate of drug-likeness (QED) is 0.543. The van der Waals surface area contributed by atoms with Gasteiger partial charge in [-0.2, -0.15) is 5.10 Å². The van der Waals surface area contributed by atoms with Crippen LogP contribution >= 0.6 is 23.2 Å². The van der Waals surface area contributed by atoms with E-state index in [1.54, 1.807) is 28.9 Å². The maximum atomic E-state index is 14.6. The zero-order valence-electron chi connectivity index (χ0n) is 14.1. The molecule has 132 valence electrons. The van der Waals surface area contributed by atoms with E-state index >= 15 is 0 Å². The van der Waals surface area contributed by atoms with Crippen molar-refractivity contribution in [2.75, 3.05) is 0 Å². The van der Waals surface area contributed by atoms with E-state index in [-0.39, 0.29) is 5.75 Å². The Morgan fingerprint density at radius 3 is 2.62 bits per heavy atom. The number of rotatable bonds is 3. The minimum atomic E-state index is -0.454. The third-order valence-electron chi connectivity index (χ3n) is 4.29. The lowest BCUT2D eigenvalue weighted by atomic mass is 10.1. The molecule has 0 spiro atoms. The first-order valence-electron chi connectivity index (χ1n) is 8.09. The van der Waals surface area contributed by atoms with E-state index in [0.717, 1.165) is 22.5 Å². The van der Waals surface area contributed by atoms with Crippen molar-refractivity contribution in [1.29, 1.82) is 0 Å². The maximum Gasteiger partial charge on any atom is 0.167 e. The highest BCUT2D eigenvalue weighted by atomic mass is 35.5. The Hall–Kier alpha value is -2.30. The summed E-state index contributed by atoms with van der Waals surface area (Å²) in [6, 6.07) is 10.2. The number of aromatic nitrogens is 2. The van der Waals surface area contributed by atoms with Gasteiger partial charge in [-0.3, -0.25) is 0 Å². The third kappa shape index (κ3) is 3.00. The van der Waals surface area contributed by atoms with Crippen molar-refractivity contribution in [2.24, 2.45) is 0 Å². The van der Waals surface area contributed by atoms with E-state index in [1.807, 2.05) is 32.1 Å². The molecule has 0 fully saturated rings. The van der Waals surface area contributed by atoms with Crippen LogP contribution in [0.1, 0.15) is 28.6 Å². The normalized spacial score (nSPS) is 15.3. The summed E-state index contributed by atoms with van der Waals surface area (Å²) < 4.78 is 22.2. The Kier molecular flexibility index (Phi) is 4.25. The maximum absolute atomic E-state index is 14.6.